The number of phenolic OH excluding ortho intramolecular Hbond substituents is 1. The molecular weight excluding hydrogens is 210 g/mol. The zero-order valence-electron chi connectivity index (χ0n) is 8.40. The highest BCUT2D eigenvalue weighted by Gasteiger charge is 1.90. The van der Waals surface area contributed by atoms with Crippen molar-refractivity contribution >= 4 is 23.5 Å². The lowest BCUT2D eigenvalue weighted by Crippen LogP contribution is -2.31. The zero-order valence-corrected chi connectivity index (χ0v) is 9.21. The largest absolute Gasteiger partial charge is 0.508 e. The highest BCUT2D eigenvalue weighted by molar-refractivity contribution is 7.80. The second kappa shape index (κ2) is 5.98. The van der Waals surface area contributed by atoms with E-state index in [2.05, 4.69) is 15.8 Å². The van der Waals surface area contributed by atoms with Gasteiger partial charge >= 0.3 is 0 Å². The molecule has 0 saturated carbocycles. The molecule has 15 heavy (non-hydrogen) atoms. The number of nitrogens with one attached hydrogen (secondary N) is 2. The average Bonchev–Trinajstić information content (AvgIpc) is 2.18. The third-order valence-corrected chi connectivity index (χ3v) is 1.82. The molecule has 3 N–H and O–H groups in total. The summed E-state index contributed by atoms with van der Waals surface area (Å²) in [5.41, 5.74) is 3.47. The molecule has 1 aromatic carbocycles. The van der Waals surface area contributed by atoms with Crippen molar-refractivity contribution in [1.29, 1.82) is 0 Å². The van der Waals surface area contributed by atoms with Gasteiger partial charge in [-0.2, -0.15) is 5.10 Å². The summed E-state index contributed by atoms with van der Waals surface area (Å²) in [6.45, 7) is 2.71. The molecule has 0 radical (unpaired) electrons. The van der Waals surface area contributed by atoms with Gasteiger partial charge in [0.25, 0.3) is 0 Å². The summed E-state index contributed by atoms with van der Waals surface area (Å²) in [5, 5.41) is 16.5. The number of hydrogen-bond donors (Lipinski definition) is 3. The van der Waals surface area contributed by atoms with Crippen LogP contribution in [0.5, 0.6) is 5.75 Å². The Morgan fingerprint density at radius 3 is 3.07 bits per heavy atom. The lowest BCUT2D eigenvalue weighted by molar-refractivity contribution is 0.475. The normalized spacial score (nSPS) is 10.2. The van der Waals surface area contributed by atoms with Crippen LogP contribution in [0.25, 0.3) is 0 Å². The minimum atomic E-state index is 0.216. The van der Waals surface area contributed by atoms with Gasteiger partial charge < -0.3 is 10.4 Å². The van der Waals surface area contributed by atoms with Crippen LogP contribution in [0.3, 0.4) is 0 Å². The minimum Gasteiger partial charge on any atom is -0.508 e. The van der Waals surface area contributed by atoms with Gasteiger partial charge in [0.15, 0.2) is 5.11 Å². The molecular formula is C10H13N3OS. The fourth-order valence-corrected chi connectivity index (χ4v) is 1.17. The molecule has 0 unspecified atom stereocenters. The van der Waals surface area contributed by atoms with Crippen molar-refractivity contribution in [2.24, 2.45) is 5.10 Å². The third kappa shape index (κ3) is 4.42. The molecule has 0 bridgehead atoms. The van der Waals surface area contributed by atoms with E-state index in [4.69, 9.17) is 12.2 Å². The van der Waals surface area contributed by atoms with Gasteiger partial charge in [-0.05, 0) is 36.8 Å². The monoisotopic (exact) mass is 223 g/mol. The quantitative estimate of drug-likeness (QED) is 0.409. The van der Waals surface area contributed by atoms with Crippen LogP contribution in [0.2, 0.25) is 0 Å². The van der Waals surface area contributed by atoms with Crippen LogP contribution in [0.1, 0.15) is 12.5 Å². The van der Waals surface area contributed by atoms with Crippen molar-refractivity contribution < 1.29 is 5.11 Å². The first-order valence-corrected chi connectivity index (χ1v) is 4.99. The molecule has 0 atom stereocenters. The molecule has 0 aliphatic rings. The van der Waals surface area contributed by atoms with Crippen molar-refractivity contribution in [2.45, 2.75) is 6.92 Å². The van der Waals surface area contributed by atoms with Gasteiger partial charge in [0.2, 0.25) is 0 Å². The highest BCUT2D eigenvalue weighted by atomic mass is 32.1. The van der Waals surface area contributed by atoms with E-state index < -0.39 is 0 Å². The first-order valence-electron chi connectivity index (χ1n) is 4.58. The van der Waals surface area contributed by atoms with Crippen LogP contribution in [-0.2, 0) is 0 Å². The number of nitrogens with zero attached hydrogens (tertiary/aromatic N) is 1. The van der Waals surface area contributed by atoms with Gasteiger partial charge in [-0.1, -0.05) is 12.1 Å². The molecule has 1 rings (SSSR count). The molecule has 0 amide bonds. The van der Waals surface area contributed by atoms with E-state index >= 15 is 0 Å². The highest BCUT2D eigenvalue weighted by Crippen LogP contribution is 2.08. The van der Waals surface area contributed by atoms with Crippen LogP contribution >= 0.6 is 12.2 Å². The molecule has 4 nitrogen and oxygen atoms in total. The maximum atomic E-state index is 9.19. The molecule has 80 valence electrons. The standard InChI is InChI=1S/C10H13N3OS/c1-2-11-10(15)13-12-7-8-4-3-5-9(14)6-8/h3-7,14H,2H2,1H3,(H2,11,13,15). The Kier molecular flexibility index (Phi) is 4.56. The van der Waals surface area contributed by atoms with Gasteiger partial charge in [0.1, 0.15) is 5.75 Å². The number of aromatic hydroxyl groups is 1. The summed E-state index contributed by atoms with van der Waals surface area (Å²) in [6, 6.07) is 6.80. The van der Waals surface area contributed by atoms with Crippen molar-refractivity contribution in [1.82, 2.24) is 10.7 Å². The van der Waals surface area contributed by atoms with Gasteiger partial charge in [0.05, 0.1) is 6.21 Å². The van der Waals surface area contributed by atoms with E-state index in [1.54, 1.807) is 24.4 Å². The fraction of sp³-hybridized carbons (Fsp3) is 0.200. The van der Waals surface area contributed by atoms with Gasteiger partial charge in [-0.25, -0.2) is 0 Å². The molecule has 0 aliphatic heterocycles. The number of benzene rings is 1. The zero-order chi connectivity index (χ0) is 11.1. The van der Waals surface area contributed by atoms with Crippen LogP contribution in [0.15, 0.2) is 29.4 Å². The Balaban J connectivity index is 2.48. The van der Waals surface area contributed by atoms with E-state index in [1.807, 2.05) is 13.0 Å². The van der Waals surface area contributed by atoms with Crippen molar-refractivity contribution in [3.8, 4) is 5.75 Å². The van der Waals surface area contributed by atoms with Crippen molar-refractivity contribution in [3.05, 3.63) is 29.8 Å². The number of thiocarbonyl (C=S) groups is 1. The van der Waals surface area contributed by atoms with E-state index in [-0.39, 0.29) is 5.75 Å². The smallest absolute Gasteiger partial charge is 0.186 e. The molecule has 0 aromatic heterocycles. The summed E-state index contributed by atoms with van der Waals surface area (Å²) >= 11 is 4.91. The predicted octanol–water partition coefficient (Wildman–Crippen LogP) is 1.21. The molecule has 0 spiro atoms. The first-order chi connectivity index (χ1) is 7.22. The Morgan fingerprint density at radius 2 is 2.40 bits per heavy atom. The second-order valence-corrected chi connectivity index (χ2v) is 3.23. The van der Waals surface area contributed by atoms with Crippen molar-refractivity contribution in [2.75, 3.05) is 6.54 Å². The maximum absolute atomic E-state index is 9.19. The number of phenols is 1. The molecule has 0 fully saturated rings. The van der Waals surface area contributed by atoms with E-state index in [0.717, 1.165) is 12.1 Å². The minimum absolute atomic E-state index is 0.216. The second-order valence-electron chi connectivity index (χ2n) is 2.82. The average molecular weight is 223 g/mol. The summed E-state index contributed by atoms with van der Waals surface area (Å²) < 4.78 is 0. The van der Waals surface area contributed by atoms with Gasteiger partial charge in [-0.15, -0.1) is 0 Å². The topological polar surface area (TPSA) is 56.7 Å². The van der Waals surface area contributed by atoms with Crippen LogP contribution in [0.4, 0.5) is 0 Å². The fourth-order valence-electron chi connectivity index (χ4n) is 0.971. The van der Waals surface area contributed by atoms with E-state index in [1.165, 1.54) is 0 Å². The van der Waals surface area contributed by atoms with Gasteiger partial charge in [0, 0.05) is 6.54 Å². The Labute approximate surface area is 94.0 Å². The summed E-state index contributed by atoms with van der Waals surface area (Å²) in [7, 11) is 0. The molecule has 0 aliphatic carbocycles. The third-order valence-electron chi connectivity index (χ3n) is 1.59. The van der Waals surface area contributed by atoms with Crippen LogP contribution < -0.4 is 10.7 Å². The first kappa shape index (κ1) is 11.5. The Morgan fingerprint density at radius 1 is 1.60 bits per heavy atom. The predicted molar refractivity (Wildman–Crippen MR) is 65.1 cm³/mol. The molecule has 0 heterocycles. The van der Waals surface area contributed by atoms with Crippen molar-refractivity contribution in [3.63, 3.8) is 0 Å². The maximum Gasteiger partial charge on any atom is 0.186 e. The molecule has 0 saturated heterocycles. The number of rotatable bonds is 3. The van der Waals surface area contributed by atoms with Crippen LogP contribution in [-0.4, -0.2) is 23.0 Å². The number of hydrogen-bond acceptors (Lipinski definition) is 3. The summed E-state index contributed by atoms with van der Waals surface area (Å²) in [5.74, 6) is 0.216. The van der Waals surface area contributed by atoms with Gasteiger partial charge in [-0.3, -0.25) is 5.43 Å². The van der Waals surface area contributed by atoms with E-state index in [0.29, 0.717) is 5.11 Å². The Hall–Kier alpha value is -1.62. The lowest BCUT2D eigenvalue weighted by Gasteiger charge is -2.02. The van der Waals surface area contributed by atoms with E-state index in [9.17, 15) is 5.11 Å². The SMILES string of the molecule is CCNC(=S)NN=Cc1cccc(O)c1. The summed E-state index contributed by atoms with van der Waals surface area (Å²) in [4.78, 5) is 0. The molecule has 5 heteroatoms. The Bertz CT molecular complexity index is 365. The van der Waals surface area contributed by atoms with Crippen LogP contribution in [0, 0.1) is 0 Å². The molecule has 1 aromatic rings. The lowest BCUT2D eigenvalue weighted by atomic mass is 10.2. The number of hydrazone groups is 1. The summed E-state index contributed by atoms with van der Waals surface area (Å²) in [6.07, 6.45) is 1.59.